The number of benzene rings is 2. The first-order valence-electron chi connectivity index (χ1n) is 8.91. The monoisotopic (exact) mass is 405 g/mol. The number of aromatic nitrogens is 1. The molecule has 0 aliphatic carbocycles. The largest absolute Gasteiger partial charge is 0.452 e. The van der Waals surface area contributed by atoms with E-state index in [9.17, 15) is 9.59 Å². The van der Waals surface area contributed by atoms with E-state index in [1.165, 1.54) is 24.5 Å². The molecule has 5 nitrogen and oxygen atoms in total. The number of halogens is 1. The second-order valence-electron chi connectivity index (χ2n) is 6.65. The number of hydrogen-bond donors (Lipinski definition) is 0. The third-order valence-corrected chi connectivity index (χ3v) is 4.85. The van der Waals surface area contributed by atoms with Crippen molar-refractivity contribution in [3.8, 4) is 17.1 Å². The van der Waals surface area contributed by atoms with Gasteiger partial charge in [0.1, 0.15) is 5.58 Å². The second kappa shape index (κ2) is 7.53. The Morgan fingerprint density at radius 1 is 1.07 bits per heavy atom. The lowest BCUT2D eigenvalue weighted by Crippen LogP contribution is -2.17. The molecule has 0 fully saturated rings. The average molecular weight is 406 g/mol. The van der Waals surface area contributed by atoms with Crippen LogP contribution in [0, 0.1) is 13.8 Å². The highest BCUT2D eigenvalue weighted by Gasteiger charge is 2.23. The van der Waals surface area contributed by atoms with Crippen molar-refractivity contribution in [1.29, 1.82) is 0 Å². The van der Waals surface area contributed by atoms with Crippen LogP contribution in [0.15, 0.2) is 70.1 Å². The zero-order chi connectivity index (χ0) is 20.5. The molecule has 144 valence electrons. The van der Waals surface area contributed by atoms with Gasteiger partial charge in [0.2, 0.25) is 11.2 Å². The van der Waals surface area contributed by atoms with Gasteiger partial charge in [0.05, 0.1) is 16.0 Å². The maximum atomic E-state index is 13.3. The highest BCUT2D eigenvalue weighted by atomic mass is 35.5. The third-order valence-electron chi connectivity index (χ3n) is 4.52. The Morgan fingerprint density at radius 3 is 2.52 bits per heavy atom. The van der Waals surface area contributed by atoms with E-state index in [0.29, 0.717) is 21.6 Å². The van der Waals surface area contributed by atoms with Crippen molar-refractivity contribution in [3.63, 3.8) is 0 Å². The first-order chi connectivity index (χ1) is 14.0. The summed E-state index contributed by atoms with van der Waals surface area (Å²) in [6, 6.07) is 13.6. The molecule has 0 N–H and O–H groups in total. The summed E-state index contributed by atoms with van der Waals surface area (Å²) in [5, 5.41) is 0.740. The molecule has 0 aliphatic heterocycles. The van der Waals surface area contributed by atoms with Gasteiger partial charge >= 0.3 is 5.97 Å². The van der Waals surface area contributed by atoms with Gasteiger partial charge in [-0.1, -0.05) is 29.8 Å². The van der Waals surface area contributed by atoms with Gasteiger partial charge < -0.3 is 9.15 Å². The number of esters is 1. The Labute approximate surface area is 171 Å². The molecule has 4 rings (SSSR count). The molecule has 0 bridgehead atoms. The van der Waals surface area contributed by atoms with Crippen LogP contribution in [0.25, 0.3) is 22.3 Å². The van der Waals surface area contributed by atoms with Gasteiger partial charge in [0.25, 0.3) is 0 Å². The Kier molecular flexibility index (Phi) is 4.91. The van der Waals surface area contributed by atoms with Gasteiger partial charge in [-0.2, -0.15) is 0 Å². The molecule has 2 aromatic carbocycles. The van der Waals surface area contributed by atoms with E-state index in [0.717, 1.165) is 11.1 Å². The van der Waals surface area contributed by atoms with Crippen molar-refractivity contribution in [1.82, 2.24) is 4.98 Å². The molecule has 2 aromatic heterocycles. The lowest BCUT2D eigenvalue weighted by Gasteiger charge is -2.13. The van der Waals surface area contributed by atoms with Gasteiger partial charge in [-0.25, -0.2) is 4.79 Å². The predicted octanol–water partition coefficient (Wildman–Crippen LogP) is 5.34. The Hall–Kier alpha value is -3.44. The van der Waals surface area contributed by atoms with E-state index >= 15 is 0 Å². The van der Waals surface area contributed by atoms with E-state index in [-0.39, 0.29) is 17.1 Å². The van der Waals surface area contributed by atoms with Gasteiger partial charge in [-0.3, -0.25) is 9.78 Å². The summed E-state index contributed by atoms with van der Waals surface area (Å²) >= 11 is 6.34. The van der Waals surface area contributed by atoms with Crippen molar-refractivity contribution in [2.24, 2.45) is 0 Å². The van der Waals surface area contributed by atoms with Crippen LogP contribution in [-0.4, -0.2) is 11.0 Å². The number of carbonyl (C=O) groups is 1. The van der Waals surface area contributed by atoms with Crippen molar-refractivity contribution in [2.45, 2.75) is 13.8 Å². The molecule has 6 heteroatoms. The van der Waals surface area contributed by atoms with Gasteiger partial charge in [-0.15, -0.1) is 0 Å². The topological polar surface area (TPSA) is 69.4 Å². The van der Waals surface area contributed by atoms with Crippen molar-refractivity contribution < 1.29 is 13.9 Å². The Bertz CT molecular complexity index is 1300. The number of fused-ring (bicyclic) bond motifs is 1. The number of hydrogen-bond acceptors (Lipinski definition) is 5. The van der Waals surface area contributed by atoms with Crippen LogP contribution >= 0.6 is 11.6 Å². The zero-order valence-corrected chi connectivity index (χ0v) is 16.5. The summed E-state index contributed by atoms with van der Waals surface area (Å²) in [4.78, 5) is 29.9. The summed E-state index contributed by atoms with van der Waals surface area (Å²) in [6.07, 6.45) is 2.95. The molecule has 4 aromatic rings. The Balaban J connectivity index is 1.99. The lowest BCUT2D eigenvalue weighted by molar-refractivity contribution is 0.0731. The van der Waals surface area contributed by atoms with Crippen molar-refractivity contribution >= 4 is 28.5 Å². The highest BCUT2D eigenvalue weighted by Crippen LogP contribution is 2.36. The van der Waals surface area contributed by atoms with Gasteiger partial charge in [0, 0.05) is 18.0 Å². The van der Waals surface area contributed by atoms with E-state index in [2.05, 4.69) is 4.98 Å². The minimum absolute atomic E-state index is 0.112. The fraction of sp³-hybridized carbons (Fsp3) is 0.0870. The molecule has 0 atom stereocenters. The first kappa shape index (κ1) is 18.9. The molecule has 0 saturated heterocycles. The zero-order valence-electron chi connectivity index (χ0n) is 15.7. The molecular formula is C23H16ClNO4. The molecule has 0 spiro atoms. The first-order valence-corrected chi connectivity index (χ1v) is 9.28. The summed E-state index contributed by atoms with van der Waals surface area (Å²) in [5.74, 6) is -0.767. The number of nitrogens with zero attached hydrogens (tertiary/aromatic N) is 1. The van der Waals surface area contributed by atoms with E-state index in [4.69, 9.17) is 20.8 Å². The standard InChI is InChI=1S/C23H16ClNO4/c1-13-11-14(2)19-18(12-13)28-21(16-5-3-4-6-17(16)24)22(20(19)26)29-23(27)15-7-9-25-10-8-15/h3-12H,1-2H3. The molecule has 0 unspecified atom stereocenters. The third kappa shape index (κ3) is 3.52. The molecule has 2 heterocycles. The minimum Gasteiger partial charge on any atom is -0.452 e. The number of pyridine rings is 1. The van der Waals surface area contributed by atoms with Crippen LogP contribution < -0.4 is 10.2 Å². The highest BCUT2D eigenvalue weighted by molar-refractivity contribution is 6.33. The Morgan fingerprint density at radius 2 is 1.79 bits per heavy atom. The summed E-state index contributed by atoms with van der Waals surface area (Å²) in [6.45, 7) is 3.73. The molecule has 0 amide bonds. The van der Waals surface area contributed by atoms with Crippen molar-refractivity contribution in [2.75, 3.05) is 0 Å². The quantitative estimate of drug-likeness (QED) is 0.430. The fourth-order valence-corrected chi connectivity index (χ4v) is 3.45. The lowest BCUT2D eigenvalue weighted by atomic mass is 10.0. The SMILES string of the molecule is Cc1cc(C)c2c(=O)c(OC(=O)c3ccncc3)c(-c3ccccc3Cl)oc2c1. The van der Waals surface area contributed by atoms with E-state index < -0.39 is 11.4 Å². The smallest absolute Gasteiger partial charge is 0.343 e. The number of ether oxygens (including phenoxy) is 1. The van der Waals surface area contributed by atoms with Gasteiger partial charge in [-0.05, 0) is 55.3 Å². The van der Waals surface area contributed by atoms with E-state index in [1.54, 1.807) is 30.3 Å². The maximum Gasteiger partial charge on any atom is 0.343 e. The summed E-state index contributed by atoms with van der Waals surface area (Å²) in [7, 11) is 0. The van der Waals surface area contributed by atoms with Crippen LogP contribution in [0.5, 0.6) is 5.75 Å². The van der Waals surface area contributed by atoms with Gasteiger partial charge in [0.15, 0.2) is 5.76 Å². The molecule has 0 radical (unpaired) electrons. The van der Waals surface area contributed by atoms with Crippen LogP contribution in [0.2, 0.25) is 5.02 Å². The fourth-order valence-electron chi connectivity index (χ4n) is 3.23. The number of aryl methyl sites for hydroxylation is 2. The molecule has 0 saturated carbocycles. The van der Waals surface area contributed by atoms with E-state index in [1.807, 2.05) is 19.9 Å². The molecular weight excluding hydrogens is 390 g/mol. The number of carbonyl (C=O) groups excluding carboxylic acids is 1. The minimum atomic E-state index is -0.683. The second-order valence-corrected chi connectivity index (χ2v) is 7.06. The number of rotatable bonds is 3. The summed E-state index contributed by atoms with van der Waals surface area (Å²) < 4.78 is 11.6. The average Bonchev–Trinajstić information content (AvgIpc) is 2.70. The van der Waals surface area contributed by atoms with Crippen molar-refractivity contribution in [3.05, 3.63) is 92.9 Å². The predicted molar refractivity (Wildman–Crippen MR) is 112 cm³/mol. The van der Waals surface area contributed by atoms with Crippen LogP contribution in [-0.2, 0) is 0 Å². The molecule has 0 aliphatic rings. The van der Waals surface area contributed by atoms with Crippen LogP contribution in [0.4, 0.5) is 0 Å². The maximum absolute atomic E-state index is 13.3. The summed E-state index contributed by atoms with van der Waals surface area (Å²) in [5.41, 5.74) is 2.40. The van der Waals surface area contributed by atoms with Crippen LogP contribution in [0.3, 0.4) is 0 Å². The normalized spacial score (nSPS) is 10.9. The van der Waals surface area contributed by atoms with Crippen LogP contribution in [0.1, 0.15) is 21.5 Å². The molecule has 29 heavy (non-hydrogen) atoms.